The van der Waals surface area contributed by atoms with Gasteiger partial charge >= 0.3 is 5.97 Å². The van der Waals surface area contributed by atoms with Crippen LogP contribution in [0.5, 0.6) is 5.75 Å². The number of esters is 1. The molecule has 0 saturated carbocycles. The summed E-state index contributed by atoms with van der Waals surface area (Å²) < 4.78 is 36.1. The molecule has 0 bridgehead atoms. The van der Waals surface area contributed by atoms with E-state index in [-0.39, 0.29) is 23.2 Å². The van der Waals surface area contributed by atoms with Crippen LogP contribution in [-0.2, 0) is 24.3 Å². The van der Waals surface area contributed by atoms with E-state index in [1.54, 1.807) is 11.0 Å². The number of carbonyl (C=O) groups excluding carboxylic acids is 2. The smallest absolute Gasteiger partial charge is 0.331 e. The van der Waals surface area contributed by atoms with E-state index in [1.807, 2.05) is 0 Å². The van der Waals surface area contributed by atoms with Crippen LogP contribution in [0.3, 0.4) is 0 Å². The predicted molar refractivity (Wildman–Crippen MR) is 109 cm³/mol. The third-order valence-corrected chi connectivity index (χ3v) is 6.54. The highest BCUT2D eigenvalue weighted by Gasteiger charge is 2.23. The average Bonchev–Trinajstić information content (AvgIpc) is 2.70. The van der Waals surface area contributed by atoms with E-state index in [2.05, 4.69) is 6.92 Å². The molecule has 9 heteroatoms. The van der Waals surface area contributed by atoms with Crippen molar-refractivity contribution in [1.82, 2.24) is 9.21 Å². The minimum atomic E-state index is -3.71. The van der Waals surface area contributed by atoms with E-state index < -0.39 is 16.0 Å². The van der Waals surface area contributed by atoms with E-state index in [1.165, 1.54) is 45.5 Å². The second-order valence-corrected chi connectivity index (χ2v) is 9.35. The van der Waals surface area contributed by atoms with Crippen LogP contribution in [0, 0.1) is 5.92 Å². The van der Waals surface area contributed by atoms with Gasteiger partial charge in [-0.3, -0.25) is 4.79 Å². The molecule has 160 valence electrons. The molecule has 1 atom stereocenters. The van der Waals surface area contributed by atoms with Crippen LogP contribution in [0.4, 0.5) is 0 Å². The molecule has 0 aliphatic carbocycles. The van der Waals surface area contributed by atoms with Gasteiger partial charge in [-0.1, -0.05) is 13.0 Å². The first-order chi connectivity index (χ1) is 13.6. The zero-order chi connectivity index (χ0) is 21.6. The molecule has 0 radical (unpaired) electrons. The van der Waals surface area contributed by atoms with Crippen LogP contribution < -0.4 is 4.74 Å². The third kappa shape index (κ3) is 6.04. The minimum Gasteiger partial charge on any atom is -0.495 e. The van der Waals surface area contributed by atoms with E-state index >= 15 is 0 Å². The standard InChI is InChI=1S/C20H28N2O6S/c1-15-6-5-11-22(13-15)19(23)14-28-20(24)10-8-16-7-9-17(27-4)18(12-16)29(25,26)21(2)3/h7-10,12,15H,5-6,11,13-14H2,1-4H3/b10-8+/t15-/m0/s1. The highest BCUT2D eigenvalue weighted by molar-refractivity contribution is 7.89. The summed E-state index contributed by atoms with van der Waals surface area (Å²) in [6.45, 7) is 3.15. The molecule has 1 amide bonds. The molecule has 0 unspecified atom stereocenters. The largest absolute Gasteiger partial charge is 0.495 e. The Morgan fingerprint density at radius 2 is 2.03 bits per heavy atom. The van der Waals surface area contributed by atoms with Crippen LogP contribution >= 0.6 is 0 Å². The van der Waals surface area contributed by atoms with Crippen LogP contribution in [0.15, 0.2) is 29.2 Å². The lowest BCUT2D eigenvalue weighted by atomic mass is 10.0. The van der Waals surface area contributed by atoms with Crippen molar-refractivity contribution in [3.63, 3.8) is 0 Å². The molecule has 29 heavy (non-hydrogen) atoms. The number of hydrogen-bond acceptors (Lipinski definition) is 6. The Kier molecular flexibility index (Phi) is 7.80. The van der Waals surface area contributed by atoms with Crippen molar-refractivity contribution in [2.45, 2.75) is 24.7 Å². The van der Waals surface area contributed by atoms with E-state index in [4.69, 9.17) is 9.47 Å². The zero-order valence-electron chi connectivity index (χ0n) is 17.3. The summed E-state index contributed by atoms with van der Waals surface area (Å²) in [5.74, 6) is -0.218. The lowest BCUT2D eigenvalue weighted by Gasteiger charge is -2.30. The zero-order valence-corrected chi connectivity index (χ0v) is 18.1. The fourth-order valence-corrected chi connectivity index (χ4v) is 4.13. The summed E-state index contributed by atoms with van der Waals surface area (Å²) in [5.41, 5.74) is 0.486. The molecular formula is C20H28N2O6S. The maximum absolute atomic E-state index is 12.4. The molecule has 8 nitrogen and oxygen atoms in total. The summed E-state index contributed by atoms with van der Waals surface area (Å²) in [6.07, 6.45) is 4.65. The highest BCUT2D eigenvalue weighted by Crippen LogP contribution is 2.27. The maximum Gasteiger partial charge on any atom is 0.331 e. The normalized spacial score (nSPS) is 17.6. The lowest BCUT2D eigenvalue weighted by Crippen LogP contribution is -2.41. The number of ether oxygens (including phenoxy) is 2. The number of benzene rings is 1. The van der Waals surface area contributed by atoms with Crippen molar-refractivity contribution in [3.05, 3.63) is 29.8 Å². The fraction of sp³-hybridized carbons (Fsp3) is 0.500. The molecule has 0 spiro atoms. The molecule has 1 aromatic carbocycles. The van der Waals surface area contributed by atoms with Gasteiger partial charge in [0, 0.05) is 33.3 Å². The van der Waals surface area contributed by atoms with Gasteiger partial charge in [-0.15, -0.1) is 0 Å². The van der Waals surface area contributed by atoms with Crippen LogP contribution in [0.25, 0.3) is 6.08 Å². The van der Waals surface area contributed by atoms with Crippen molar-refractivity contribution < 1.29 is 27.5 Å². The van der Waals surface area contributed by atoms with Crippen LogP contribution in [0.1, 0.15) is 25.3 Å². The third-order valence-electron chi connectivity index (χ3n) is 4.71. The molecule has 2 rings (SSSR count). The second kappa shape index (κ2) is 9.89. The molecule has 1 fully saturated rings. The minimum absolute atomic E-state index is 0.00471. The van der Waals surface area contributed by atoms with Gasteiger partial charge in [-0.05, 0) is 42.5 Å². The number of nitrogens with zero attached hydrogens (tertiary/aromatic N) is 2. The Labute approximate surface area is 172 Å². The number of rotatable bonds is 7. The Balaban J connectivity index is 2.02. The van der Waals surface area contributed by atoms with Gasteiger partial charge in [-0.25, -0.2) is 17.5 Å². The van der Waals surface area contributed by atoms with Crippen LogP contribution in [-0.4, -0.2) is 70.4 Å². The van der Waals surface area contributed by atoms with Crippen molar-refractivity contribution in [2.24, 2.45) is 5.92 Å². The Bertz CT molecular complexity index is 879. The van der Waals surface area contributed by atoms with Gasteiger partial charge in [0.25, 0.3) is 5.91 Å². The summed E-state index contributed by atoms with van der Waals surface area (Å²) in [5, 5.41) is 0. The number of piperidine rings is 1. The molecule has 1 saturated heterocycles. The number of carbonyl (C=O) groups is 2. The molecule has 1 aromatic rings. The molecule has 0 aromatic heterocycles. The Hall–Kier alpha value is -2.39. The van der Waals surface area contributed by atoms with Gasteiger partial charge in [0.05, 0.1) is 7.11 Å². The second-order valence-electron chi connectivity index (χ2n) is 7.23. The summed E-state index contributed by atoms with van der Waals surface area (Å²) in [4.78, 5) is 25.8. The van der Waals surface area contributed by atoms with Gasteiger partial charge in [-0.2, -0.15) is 0 Å². The van der Waals surface area contributed by atoms with Gasteiger partial charge < -0.3 is 14.4 Å². The number of sulfonamides is 1. The summed E-state index contributed by atoms with van der Waals surface area (Å²) >= 11 is 0. The van der Waals surface area contributed by atoms with Crippen LogP contribution in [0.2, 0.25) is 0 Å². The first-order valence-corrected chi connectivity index (χ1v) is 10.8. The molecular weight excluding hydrogens is 396 g/mol. The van der Waals surface area contributed by atoms with Gasteiger partial charge in [0.1, 0.15) is 10.6 Å². The summed E-state index contributed by atoms with van der Waals surface area (Å²) in [7, 11) is 0.526. The monoisotopic (exact) mass is 424 g/mol. The SMILES string of the molecule is COc1ccc(/C=C/C(=O)OCC(=O)N2CCC[C@H](C)C2)cc1S(=O)(=O)N(C)C. The Morgan fingerprint density at radius 3 is 2.66 bits per heavy atom. The number of hydrogen-bond donors (Lipinski definition) is 0. The lowest BCUT2D eigenvalue weighted by molar-refractivity contribution is -0.149. The number of likely N-dealkylation sites (tertiary alicyclic amines) is 1. The molecule has 1 heterocycles. The fourth-order valence-electron chi connectivity index (χ4n) is 3.05. The van der Waals surface area contributed by atoms with Crippen molar-refractivity contribution in [2.75, 3.05) is 40.9 Å². The number of amides is 1. The van der Waals surface area contributed by atoms with Crippen molar-refractivity contribution in [1.29, 1.82) is 0 Å². The highest BCUT2D eigenvalue weighted by atomic mass is 32.2. The van der Waals surface area contributed by atoms with E-state index in [9.17, 15) is 18.0 Å². The van der Waals surface area contributed by atoms with Gasteiger partial charge in [0.15, 0.2) is 6.61 Å². The summed E-state index contributed by atoms with van der Waals surface area (Å²) in [6, 6.07) is 4.55. The first-order valence-electron chi connectivity index (χ1n) is 9.38. The molecule has 1 aliphatic rings. The van der Waals surface area contributed by atoms with Crippen molar-refractivity contribution in [3.8, 4) is 5.75 Å². The number of methoxy groups -OCH3 is 1. The first kappa shape index (κ1) is 22.9. The maximum atomic E-state index is 12.4. The van der Waals surface area contributed by atoms with Crippen molar-refractivity contribution >= 4 is 28.0 Å². The molecule has 0 N–H and O–H groups in total. The predicted octanol–water partition coefficient (Wildman–Crippen LogP) is 1.76. The van der Waals surface area contributed by atoms with E-state index in [0.29, 0.717) is 24.6 Å². The average molecular weight is 425 g/mol. The topological polar surface area (TPSA) is 93.2 Å². The molecule has 1 aliphatic heterocycles. The Morgan fingerprint density at radius 1 is 1.31 bits per heavy atom. The van der Waals surface area contributed by atoms with E-state index in [0.717, 1.165) is 17.1 Å². The van der Waals surface area contributed by atoms with Gasteiger partial charge in [0.2, 0.25) is 10.0 Å². The quantitative estimate of drug-likeness (QED) is 0.489.